The van der Waals surface area contributed by atoms with Crippen molar-refractivity contribution in [2.45, 2.75) is 6.92 Å². The maximum Gasteiger partial charge on any atom is 0.160 e. The Balaban J connectivity index is 2.93. The van der Waals surface area contributed by atoms with Crippen LogP contribution in [0.25, 0.3) is 11.0 Å². The van der Waals surface area contributed by atoms with Crippen molar-refractivity contribution in [1.82, 2.24) is 15.2 Å². The van der Waals surface area contributed by atoms with Crippen molar-refractivity contribution in [2.24, 2.45) is 0 Å². The molecule has 11 heavy (non-hydrogen) atoms. The Morgan fingerprint density at radius 2 is 2.27 bits per heavy atom. The summed E-state index contributed by atoms with van der Waals surface area (Å²) in [5, 5.41) is 9.13. The fourth-order valence-corrected chi connectivity index (χ4v) is 1.17. The van der Waals surface area contributed by atoms with Crippen molar-refractivity contribution in [3.8, 4) is 0 Å². The number of halogens is 1. The van der Waals surface area contributed by atoms with Crippen LogP contribution in [0.1, 0.15) is 5.56 Å². The maximum absolute atomic E-state index is 5.76. The van der Waals surface area contributed by atoms with Crippen LogP contribution in [0.5, 0.6) is 0 Å². The highest BCUT2D eigenvalue weighted by molar-refractivity contribution is 6.30. The number of hydrogen-bond acceptors (Lipinski definition) is 2. The molecule has 2 heterocycles. The normalized spacial score (nSPS) is 10.7. The summed E-state index contributed by atoms with van der Waals surface area (Å²) in [7, 11) is 0. The molecule has 2 aromatic rings. The SMILES string of the molecule is Cc1c(Cl)nnc2[nH]ccc12. The zero-order chi connectivity index (χ0) is 7.84. The Hall–Kier alpha value is -1.09. The van der Waals surface area contributed by atoms with Gasteiger partial charge in [0.1, 0.15) is 0 Å². The van der Waals surface area contributed by atoms with Gasteiger partial charge in [-0.05, 0) is 18.6 Å². The summed E-state index contributed by atoms with van der Waals surface area (Å²) >= 11 is 5.76. The molecule has 0 saturated heterocycles. The zero-order valence-corrected chi connectivity index (χ0v) is 6.68. The number of rotatable bonds is 0. The van der Waals surface area contributed by atoms with Crippen LogP contribution >= 0.6 is 11.6 Å². The van der Waals surface area contributed by atoms with Gasteiger partial charge in [-0.15, -0.1) is 10.2 Å². The van der Waals surface area contributed by atoms with Gasteiger partial charge < -0.3 is 4.98 Å². The Morgan fingerprint density at radius 1 is 1.45 bits per heavy atom. The number of fused-ring (bicyclic) bond motifs is 1. The second-order valence-electron chi connectivity index (χ2n) is 2.36. The first-order valence-electron chi connectivity index (χ1n) is 3.25. The van der Waals surface area contributed by atoms with Gasteiger partial charge in [-0.1, -0.05) is 11.6 Å². The zero-order valence-electron chi connectivity index (χ0n) is 5.93. The standard InChI is InChI=1S/C7H6ClN3/c1-4-5-2-3-9-7(5)11-10-6(4)8/h2-3H,1H3,(H,9,11). The second kappa shape index (κ2) is 2.20. The third-order valence-corrected chi connectivity index (χ3v) is 2.04. The van der Waals surface area contributed by atoms with Crippen LogP contribution in [-0.4, -0.2) is 15.2 Å². The van der Waals surface area contributed by atoms with E-state index in [0.29, 0.717) is 5.15 Å². The van der Waals surface area contributed by atoms with Gasteiger partial charge in [0.2, 0.25) is 0 Å². The van der Waals surface area contributed by atoms with Gasteiger partial charge in [-0.3, -0.25) is 0 Å². The number of aryl methyl sites for hydroxylation is 1. The van der Waals surface area contributed by atoms with E-state index in [4.69, 9.17) is 11.6 Å². The lowest BCUT2D eigenvalue weighted by atomic mass is 10.2. The maximum atomic E-state index is 5.76. The first-order valence-corrected chi connectivity index (χ1v) is 3.62. The van der Waals surface area contributed by atoms with E-state index in [0.717, 1.165) is 16.6 Å². The van der Waals surface area contributed by atoms with Crippen LogP contribution < -0.4 is 0 Å². The molecule has 0 unspecified atom stereocenters. The van der Waals surface area contributed by atoms with E-state index < -0.39 is 0 Å². The van der Waals surface area contributed by atoms with E-state index >= 15 is 0 Å². The molecule has 0 fully saturated rings. The van der Waals surface area contributed by atoms with Crippen molar-refractivity contribution >= 4 is 22.6 Å². The van der Waals surface area contributed by atoms with E-state index in [2.05, 4.69) is 15.2 Å². The minimum atomic E-state index is 0.470. The number of nitrogens with zero attached hydrogens (tertiary/aromatic N) is 2. The van der Waals surface area contributed by atoms with Gasteiger partial charge in [0.05, 0.1) is 0 Å². The smallest absolute Gasteiger partial charge is 0.160 e. The van der Waals surface area contributed by atoms with Gasteiger partial charge in [-0.2, -0.15) is 0 Å². The Morgan fingerprint density at radius 3 is 3.09 bits per heavy atom. The summed E-state index contributed by atoms with van der Waals surface area (Å²) in [5.74, 6) is 0. The van der Waals surface area contributed by atoms with E-state index in [1.165, 1.54) is 0 Å². The molecule has 0 saturated carbocycles. The quantitative estimate of drug-likeness (QED) is 0.652. The van der Waals surface area contributed by atoms with Crippen molar-refractivity contribution in [1.29, 1.82) is 0 Å². The molecule has 2 rings (SSSR count). The number of aromatic nitrogens is 3. The molecule has 0 spiro atoms. The van der Waals surface area contributed by atoms with Gasteiger partial charge in [0.15, 0.2) is 10.8 Å². The first kappa shape index (κ1) is 6.61. The van der Waals surface area contributed by atoms with Crippen molar-refractivity contribution in [3.63, 3.8) is 0 Å². The van der Waals surface area contributed by atoms with Crippen LogP contribution in [0.4, 0.5) is 0 Å². The Labute approximate surface area is 68.4 Å². The van der Waals surface area contributed by atoms with Crippen LogP contribution in [0.3, 0.4) is 0 Å². The molecule has 4 heteroatoms. The molecule has 0 aliphatic carbocycles. The average molecular weight is 168 g/mol. The van der Waals surface area contributed by atoms with Crippen LogP contribution in [0.2, 0.25) is 5.15 Å². The van der Waals surface area contributed by atoms with Gasteiger partial charge in [0.25, 0.3) is 0 Å². The fourth-order valence-electron chi connectivity index (χ4n) is 1.03. The molecule has 0 aliphatic heterocycles. The fraction of sp³-hybridized carbons (Fsp3) is 0.143. The molecule has 0 aliphatic rings. The molecule has 2 aromatic heterocycles. The topological polar surface area (TPSA) is 41.6 Å². The Bertz CT molecular complexity index is 393. The molecule has 0 aromatic carbocycles. The molecule has 3 nitrogen and oxygen atoms in total. The molecule has 1 N–H and O–H groups in total. The van der Waals surface area contributed by atoms with Crippen LogP contribution in [-0.2, 0) is 0 Å². The third-order valence-electron chi connectivity index (χ3n) is 1.68. The summed E-state index contributed by atoms with van der Waals surface area (Å²) in [6, 6.07) is 1.94. The summed E-state index contributed by atoms with van der Waals surface area (Å²) in [4.78, 5) is 2.96. The predicted octanol–water partition coefficient (Wildman–Crippen LogP) is 1.92. The summed E-state index contributed by atoms with van der Waals surface area (Å²) in [6.45, 7) is 1.92. The third kappa shape index (κ3) is 0.886. The second-order valence-corrected chi connectivity index (χ2v) is 2.71. The van der Waals surface area contributed by atoms with E-state index in [1.54, 1.807) is 0 Å². The van der Waals surface area contributed by atoms with Crippen molar-refractivity contribution in [2.75, 3.05) is 0 Å². The average Bonchev–Trinajstić information content (AvgIpc) is 2.45. The van der Waals surface area contributed by atoms with Crippen LogP contribution in [0.15, 0.2) is 12.3 Å². The van der Waals surface area contributed by atoms with E-state index in [9.17, 15) is 0 Å². The monoisotopic (exact) mass is 167 g/mol. The Kier molecular flexibility index (Phi) is 1.32. The summed E-state index contributed by atoms with van der Waals surface area (Å²) in [6.07, 6.45) is 1.82. The van der Waals surface area contributed by atoms with Gasteiger partial charge in [0, 0.05) is 11.6 Å². The number of H-pyrrole nitrogens is 1. The lowest BCUT2D eigenvalue weighted by Gasteiger charge is -1.94. The van der Waals surface area contributed by atoms with Crippen LogP contribution in [0, 0.1) is 6.92 Å². The van der Waals surface area contributed by atoms with Gasteiger partial charge >= 0.3 is 0 Å². The molecule has 0 atom stereocenters. The van der Waals surface area contributed by atoms with E-state index in [1.807, 2.05) is 19.2 Å². The lowest BCUT2D eigenvalue weighted by Crippen LogP contribution is -1.87. The molecule has 0 bridgehead atoms. The lowest BCUT2D eigenvalue weighted by molar-refractivity contribution is 1.05. The molecular weight excluding hydrogens is 162 g/mol. The molecule has 56 valence electrons. The summed E-state index contributed by atoms with van der Waals surface area (Å²) < 4.78 is 0. The van der Waals surface area contributed by atoms with Gasteiger partial charge in [-0.25, -0.2) is 0 Å². The van der Waals surface area contributed by atoms with E-state index in [-0.39, 0.29) is 0 Å². The minimum Gasteiger partial charge on any atom is -0.345 e. The highest BCUT2D eigenvalue weighted by Crippen LogP contribution is 2.19. The van der Waals surface area contributed by atoms with Crippen molar-refractivity contribution in [3.05, 3.63) is 23.0 Å². The minimum absolute atomic E-state index is 0.470. The highest BCUT2D eigenvalue weighted by Gasteiger charge is 2.03. The molecule has 0 amide bonds. The number of nitrogens with one attached hydrogen (secondary N) is 1. The number of hydrogen-bond donors (Lipinski definition) is 1. The number of aromatic amines is 1. The predicted molar refractivity (Wildman–Crippen MR) is 43.6 cm³/mol. The highest BCUT2D eigenvalue weighted by atomic mass is 35.5. The summed E-state index contributed by atoms with van der Waals surface area (Å²) in [5.41, 5.74) is 1.75. The first-order chi connectivity index (χ1) is 5.29. The molecular formula is C7H6ClN3. The molecule has 0 radical (unpaired) electrons. The largest absolute Gasteiger partial charge is 0.345 e. The van der Waals surface area contributed by atoms with Crippen molar-refractivity contribution < 1.29 is 0 Å².